The highest BCUT2D eigenvalue weighted by Gasteiger charge is 2.37. The number of fused-ring (bicyclic) bond motifs is 5. The van der Waals surface area contributed by atoms with E-state index >= 15 is 0 Å². The van der Waals surface area contributed by atoms with Crippen LogP contribution in [0.4, 0.5) is 4.39 Å². The molecule has 1 aromatic heterocycles. The minimum atomic E-state index is -0.547. The Morgan fingerprint density at radius 3 is 2.59 bits per heavy atom. The maximum Gasteiger partial charge on any atom is 0.278 e. The fraction of sp³-hybridized carbons (Fsp3) is 0.161. The summed E-state index contributed by atoms with van der Waals surface area (Å²) in [5.74, 6) is -0.0886. The molecular weight excluding hydrogens is 497 g/mol. The molecule has 8 heteroatoms. The van der Waals surface area contributed by atoms with Crippen molar-refractivity contribution in [1.29, 1.82) is 0 Å². The average molecular weight is 524 g/mol. The number of aromatic nitrogens is 1. The summed E-state index contributed by atoms with van der Waals surface area (Å²) in [4.78, 5) is 28.6. The number of nitrogens with zero attached hydrogens (tertiary/aromatic N) is 3. The van der Waals surface area contributed by atoms with Gasteiger partial charge in [0.1, 0.15) is 37.5 Å². The van der Waals surface area contributed by atoms with Crippen LogP contribution in [0.5, 0.6) is 11.5 Å². The van der Waals surface area contributed by atoms with E-state index in [1.54, 1.807) is 21.8 Å². The third-order valence-electron chi connectivity index (χ3n) is 6.85. The molecule has 3 heterocycles. The van der Waals surface area contributed by atoms with Crippen molar-refractivity contribution in [3.8, 4) is 11.5 Å². The van der Waals surface area contributed by atoms with Gasteiger partial charge >= 0.3 is 0 Å². The Morgan fingerprint density at radius 2 is 1.74 bits per heavy atom. The molecule has 0 N–H and O–H groups in total. The highest BCUT2D eigenvalue weighted by molar-refractivity contribution is 5.96. The maximum absolute atomic E-state index is 14.6. The second kappa shape index (κ2) is 10.5. The van der Waals surface area contributed by atoms with Gasteiger partial charge in [-0.3, -0.25) is 19.3 Å². The lowest BCUT2D eigenvalue weighted by Crippen LogP contribution is -2.55. The first-order valence-corrected chi connectivity index (χ1v) is 12.7. The Hall–Kier alpha value is -4.85. The number of rotatable bonds is 4. The van der Waals surface area contributed by atoms with Gasteiger partial charge in [0.05, 0.1) is 0 Å². The number of pyridine rings is 1. The number of carbonyl (C=O) groups excluding carboxylic acids is 1. The number of para-hydroxylation sites is 1. The van der Waals surface area contributed by atoms with Gasteiger partial charge in [0.15, 0.2) is 11.4 Å². The molecule has 2 aliphatic heterocycles. The van der Waals surface area contributed by atoms with Crippen LogP contribution >= 0.6 is 0 Å². The van der Waals surface area contributed by atoms with Crippen LogP contribution in [0.3, 0.4) is 0 Å². The zero-order chi connectivity index (χ0) is 26.8. The van der Waals surface area contributed by atoms with Crippen molar-refractivity contribution in [2.24, 2.45) is 0 Å². The molecule has 6 rings (SSSR count). The zero-order valence-corrected chi connectivity index (χ0v) is 21.1. The monoisotopic (exact) mass is 523 g/mol. The first-order valence-electron chi connectivity index (χ1n) is 12.7. The number of hydrogen-bond acceptors (Lipinski definition) is 5. The topological polar surface area (TPSA) is 64.0 Å². The summed E-state index contributed by atoms with van der Waals surface area (Å²) in [5.41, 5.74) is 2.07. The lowest BCUT2D eigenvalue weighted by molar-refractivity contribution is 0.0698. The summed E-state index contributed by atoms with van der Waals surface area (Å²) in [6, 6.07) is 24.3. The summed E-state index contributed by atoms with van der Waals surface area (Å²) in [6.45, 7) is 0.925. The van der Waals surface area contributed by atoms with Crippen molar-refractivity contribution < 1.29 is 18.7 Å². The minimum Gasteiger partial charge on any atom is -0.489 e. The largest absolute Gasteiger partial charge is 0.489 e. The molecule has 2 aliphatic rings. The van der Waals surface area contributed by atoms with Crippen LogP contribution in [0.15, 0.2) is 108 Å². The van der Waals surface area contributed by atoms with Gasteiger partial charge in [0.25, 0.3) is 5.91 Å². The maximum atomic E-state index is 14.6. The Labute approximate surface area is 224 Å². The van der Waals surface area contributed by atoms with E-state index in [2.05, 4.69) is 0 Å². The van der Waals surface area contributed by atoms with Crippen molar-refractivity contribution in [1.82, 2.24) is 9.58 Å². The zero-order valence-electron chi connectivity index (χ0n) is 21.1. The third kappa shape index (κ3) is 4.77. The van der Waals surface area contributed by atoms with Crippen molar-refractivity contribution in [3.05, 3.63) is 142 Å². The molecule has 0 unspecified atom stereocenters. The number of benzene rings is 3. The summed E-state index contributed by atoms with van der Waals surface area (Å²) in [5, 5.41) is 1.93. The third-order valence-corrected chi connectivity index (χ3v) is 6.85. The second-order valence-corrected chi connectivity index (χ2v) is 9.36. The molecule has 3 aromatic carbocycles. The highest BCUT2D eigenvalue weighted by atomic mass is 19.1. The van der Waals surface area contributed by atoms with Crippen LogP contribution in [0.1, 0.15) is 33.2 Å². The molecule has 4 aromatic rings. The molecule has 1 amide bonds. The molecule has 1 atom stereocenters. The standard InChI is InChI=1S/C31H26FN3O4/c32-24-12-8-11-23(19-24)28-25-13-4-5-14-27(25)38-18-7-6-16-33-21-35(28)34-17-15-26(36)30(29(34)31(33)37)39-20-22-9-2-1-3-10-22/h1-15,17,19,28H,16,18,20-21H2/b7-6-/t28-/m0/s1. The van der Waals surface area contributed by atoms with Crippen LogP contribution in [-0.4, -0.2) is 35.3 Å². The van der Waals surface area contributed by atoms with Crippen molar-refractivity contribution in [3.63, 3.8) is 0 Å². The number of ether oxygens (including phenoxy) is 2. The Kier molecular flexibility index (Phi) is 6.59. The lowest BCUT2D eigenvalue weighted by Gasteiger charge is -2.44. The summed E-state index contributed by atoms with van der Waals surface area (Å²) in [7, 11) is 0. The van der Waals surface area contributed by atoms with E-state index < -0.39 is 11.5 Å². The smallest absolute Gasteiger partial charge is 0.278 e. The second-order valence-electron chi connectivity index (χ2n) is 9.36. The average Bonchev–Trinajstić information content (AvgIpc) is 2.98. The van der Waals surface area contributed by atoms with Crippen LogP contribution in [0.25, 0.3) is 0 Å². The molecule has 0 fully saturated rings. The minimum absolute atomic E-state index is 0.0255. The van der Waals surface area contributed by atoms with Gasteiger partial charge in [-0.1, -0.05) is 66.7 Å². The summed E-state index contributed by atoms with van der Waals surface area (Å²) in [6.07, 6.45) is 5.30. The first kappa shape index (κ1) is 24.5. The van der Waals surface area contributed by atoms with Crippen LogP contribution in [0.2, 0.25) is 0 Å². The predicted octanol–water partition coefficient (Wildman–Crippen LogP) is 4.66. The molecule has 39 heavy (non-hydrogen) atoms. The number of amides is 1. The lowest BCUT2D eigenvalue weighted by atomic mass is 9.96. The fourth-order valence-electron chi connectivity index (χ4n) is 5.03. The van der Waals surface area contributed by atoms with Gasteiger partial charge in [0.2, 0.25) is 5.43 Å². The molecule has 0 aliphatic carbocycles. The number of carbonyl (C=O) groups is 1. The molecule has 0 saturated heterocycles. The molecular formula is C31H26FN3O4. The van der Waals surface area contributed by atoms with Gasteiger partial charge in [-0.15, -0.1) is 0 Å². The Bertz CT molecular complexity index is 1600. The van der Waals surface area contributed by atoms with E-state index in [1.165, 1.54) is 18.2 Å². The normalized spacial score (nSPS) is 17.4. The molecule has 0 radical (unpaired) electrons. The Morgan fingerprint density at radius 1 is 0.923 bits per heavy atom. The highest BCUT2D eigenvalue weighted by Crippen LogP contribution is 2.37. The molecule has 0 spiro atoms. The SMILES string of the molecule is O=C1c2c(OCc3ccccc3)c(=O)ccn2N2CN1C/C=C\COc1ccccc1[C@@H]2c1cccc(F)c1. The number of halogens is 1. The van der Waals surface area contributed by atoms with E-state index in [1.807, 2.05) is 77.8 Å². The van der Waals surface area contributed by atoms with Gasteiger partial charge < -0.3 is 14.4 Å². The van der Waals surface area contributed by atoms with E-state index in [-0.39, 0.29) is 36.4 Å². The summed E-state index contributed by atoms with van der Waals surface area (Å²) >= 11 is 0. The quantitative estimate of drug-likeness (QED) is 0.364. The molecule has 196 valence electrons. The van der Waals surface area contributed by atoms with Crippen LogP contribution in [0, 0.1) is 5.82 Å². The van der Waals surface area contributed by atoms with Gasteiger partial charge in [-0.05, 0) is 35.4 Å². The first-order chi connectivity index (χ1) is 19.1. The summed E-state index contributed by atoms with van der Waals surface area (Å²) < 4.78 is 28.3. The van der Waals surface area contributed by atoms with E-state index in [4.69, 9.17) is 9.47 Å². The van der Waals surface area contributed by atoms with Gasteiger partial charge in [-0.25, -0.2) is 4.39 Å². The van der Waals surface area contributed by atoms with E-state index in [9.17, 15) is 14.0 Å². The van der Waals surface area contributed by atoms with Gasteiger partial charge in [0, 0.05) is 24.4 Å². The predicted molar refractivity (Wildman–Crippen MR) is 145 cm³/mol. The van der Waals surface area contributed by atoms with Crippen LogP contribution < -0.4 is 19.9 Å². The van der Waals surface area contributed by atoms with Crippen molar-refractivity contribution in [2.75, 3.05) is 24.8 Å². The van der Waals surface area contributed by atoms with Gasteiger partial charge in [-0.2, -0.15) is 0 Å². The molecule has 7 nitrogen and oxygen atoms in total. The van der Waals surface area contributed by atoms with Crippen LogP contribution in [-0.2, 0) is 6.61 Å². The Balaban J connectivity index is 1.55. The van der Waals surface area contributed by atoms with E-state index in [0.717, 1.165) is 11.1 Å². The van der Waals surface area contributed by atoms with Crippen molar-refractivity contribution >= 4 is 5.91 Å². The molecule has 0 saturated carbocycles. The molecule has 2 bridgehead atoms. The fourth-order valence-corrected chi connectivity index (χ4v) is 5.03. The van der Waals surface area contributed by atoms with Crippen molar-refractivity contribution in [2.45, 2.75) is 12.6 Å². The number of hydrogen-bond donors (Lipinski definition) is 0. The van der Waals surface area contributed by atoms with E-state index in [0.29, 0.717) is 24.5 Å².